The quantitative estimate of drug-likeness (QED) is 0.703. The number of Topliss-reactive ketones (excluding diaryl/α,β-unsaturated/α-hetero) is 1. The topological polar surface area (TPSA) is 55.8 Å². The Kier molecular flexibility index (Phi) is 5.45. The zero-order chi connectivity index (χ0) is 20.6. The molecule has 152 valence electrons. The summed E-state index contributed by atoms with van der Waals surface area (Å²) in [5.41, 5.74) is 0.878. The van der Waals surface area contributed by atoms with Crippen LogP contribution in [0.15, 0.2) is 36.4 Å². The Balaban J connectivity index is 1.39. The summed E-state index contributed by atoms with van der Waals surface area (Å²) in [5.74, 6) is 0.972. The van der Waals surface area contributed by atoms with Gasteiger partial charge in [0.2, 0.25) is 0 Å². The second kappa shape index (κ2) is 7.88. The van der Waals surface area contributed by atoms with Crippen molar-refractivity contribution < 1.29 is 19.1 Å². The smallest absolute Gasteiger partial charge is 0.260 e. The van der Waals surface area contributed by atoms with E-state index >= 15 is 0 Å². The molecule has 0 atom stereocenters. The summed E-state index contributed by atoms with van der Waals surface area (Å²) in [6, 6.07) is 10.8. The van der Waals surface area contributed by atoms with Gasteiger partial charge in [-0.1, -0.05) is 35.3 Å². The summed E-state index contributed by atoms with van der Waals surface area (Å²) in [4.78, 5) is 27.0. The maximum Gasteiger partial charge on any atom is 0.260 e. The Morgan fingerprint density at radius 1 is 1.21 bits per heavy atom. The standard InChI is InChI=1S/C22H21Cl2NO4/c1-14-3-2-4-16(9-14)28-13-20(27)25-7-5-22(6-8-25)12-19(26)17-10-15(23)11-18(24)21(17)29-22/h2-4,9-11H,5-8,12-13H2,1H3. The molecule has 1 saturated heterocycles. The van der Waals surface area contributed by atoms with Crippen LogP contribution in [0, 0.1) is 6.92 Å². The monoisotopic (exact) mass is 433 g/mol. The van der Waals surface area contributed by atoms with E-state index in [2.05, 4.69) is 0 Å². The second-order valence-electron chi connectivity index (χ2n) is 7.64. The number of ether oxygens (including phenoxy) is 2. The van der Waals surface area contributed by atoms with Gasteiger partial charge in [0, 0.05) is 31.0 Å². The Labute approximate surface area is 179 Å². The summed E-state index contributed by atoms with van der Waals surface area (Å²) in [7, 11) is 0. The van der Waals surface area contributed by atoms with Crippen LogP contribution in [0.25, 0.3) is 0 Å². The number of hydrogen-bond donors (Lipinski definition) is 0. The van der Waals surface area contributed by atoms with E-state index in [4.69, 9.17) is 32.7 Å². The average molecular weight is 434 g/mol. The summed E-state index contributed by atoms with van der Waals surface area (Å²) < 4.78 is 11.8. The van der Waals surface area contributed by atoms with Gasteiger partial charge in [-0.3, -0.25) is 9.59 Å². The Hall–Kier alpha value is -2.24. The van der Waals surface area contributed by atoms with Gasteiger partial charge >= 0.3 is 0 Å². The number of hydrogen-bond acceptors (Lipinski definition) is 4. The predicted molar refractivity (Wildman–Crippen MR) is 111 cm³/mol. The zero-order valence-electron chi connectivity index (χ0n) is 16.0. The first-order valence-corrected chi connectivity index (χ1v) is 10.3. The first kappa shape index (κ1) is 20.0. The minimum Gasteiger partial charge on any atom is -0.484 e. The SMILES string of the molecule is Cc1cccc(OCC(=O)N2CCC3(CC2)CC(=O)c2cc(Cl)cc(Cl)c2O3)c1. The van der Waals surface area contributed by atoms with Gasteiger partial charge in [0.05, 0.1) is 17.0 Å². The number of nitrogens with zero attached hydrogens (tertiary/aromatic N) is 1. The number of amides is 1. The van der Waals surface area contributed by atoms with Crippen LogP contribution >= 0.6 is 23.2 Å². The number of fused-ring (bicyclic) bond motifs is 1. The molecule has 0 unspecified atom stereocenters. The van der Waals surface area contributed by atoms with Gasteiger partial charge in [-0.2, -0.15) is 0 Å². The van der Waals surface area contributed by atoms with Crippen molar-refractivity contribution in [3.8, 4) is 11.5 Å². The van der Waals surface area contributed by atoms with Crippen LogP contribution in [0.2, 0.25) is 10.0 Å². The van der Waals surface area contributed by atoms with E-state index in [1.807, 2.05) is 31.2 Å². The van der Waals surface area contributed by atoms with Crippen LogP contribution in [-0.4, -0.2) is 41.9 Å². The van der Waals surface area contributed by atoms with Gasteiger partial charge in [-0.05, 0) is 36.8 Å². The summed E-state index contributed by atoms with van der Waals surface area (Å²) in [5, 5.41) is 0.751. The summed E-state index contributed by atoms with van der Waals surface area (Å²) in [6.45, 7) is 2.97. The van der Waals surface area contributed by atoms with Crippen molar-refractivity contribution >= 4 is 34.9 Å². The van der Waals surface area contributed by atoms with Crippen LogP contribution in [0.1, 0.15) is 35.2 Å². The maximum atomic E-state index is 12.7. The molecule has 2 aliphatic heterocycles. The van der Waals surface area contributed by atoms with Gasteiger partial charge in [-0.15, -0.1) is 0 Å². The molecule has 4 rings (SSSR count). The van der Waals surface area contributed by atoms with E-state index in [1.165, 1.54) is 0 Å². The lowest BCUT2D eigenvalue weighted by Crippen LogP contribution is -2.53. The average Bonchev–Trinajstić information content (AvgIpc) is 2.68. The van der Waals surface area contributed by atoms with Crippen molar-refractivity contribution in [3.63, 3.8) is 0 Å². The van der Waals surface area contributed by atoms with E-state index in [0.29, 0.717) is 53.0 Å². The lowest BCUT2D eigenvalue weighted by molar-refractivity contribution is -0.136. The Morgan fingerprint density at radius 3 is 2.69 bits per heavy atom. The molecule has 7 heteroatoms. The van der Waals surface area contributed by atoms with E-state index < -0.39 is 5.60 Å². The molecule has 2 aromatic carbocycles. The molecular formula is C22H21Cl2NO4. The Morgan fingerprint density at radius 2 is 1.97 bits per heavy atom. The number of piperidine rings is 1. The molecule has 0 radical (unpaired) electrons. The number of ketones is 1. The maximum absolute atomic E-state index is 12.7. The molecule has 0 N–H and O–H groups in total. The van der Waals surface area contributed by atoms with Crippen LogP contribution in [0.3, 0.4) is 0 Å². The third-order valence-electron chi connectivity index (χ3n) is 5.49. The number of rotatable bonds is 3. The lowest BCUT2D eigenvalue weighted by atomic mass is 9.82. The van der Waals surface area contributed by atoms with Crippen LogP contribution < -0.4 is 9.47 Å². The molecule has 2 aliphatic rings. The Bertz CT molecular complexity index is 967. The predicted octanol–water partition coefficient (Wildman–Crippen LogP) is 4.71. The molecule has 0 aliphatic carbocycles. The van der Waals surface area contributed by atoms with Crippen LogP contribution in [0.5, 0.6) is 11.5 Å². The lowest BCUT2D eigenvalue weighted by Gasteiger charge is -2.44. The van der Waals surface area contributed by atoms with Gasteiger partial charge < -0.3 is 14.4 Å². The van der Waals surface area contributed by atoms with Gasteiger partial charge in [-0.25, -0.2) is 0 Å². The molecule has 0 saturated carbocycles. The fraction of sp³-hybridized carbons (Fsp3) is 0.364. The molecule has 2 aromatic rings. The van der Waals surface area contributed by atoms with Crippen LogP contribution in [-0.2, 0) is 4.79 Å². The zero-order valence-corrected chi connectivity index (χ0v) is 17.6. The van der Waals surface area contributed by atoms with Crippen molar-refractivity contribution in [3.05, 3.63) is 57.6 Å². The van der Waals surface area contributed by atoms with Crippen molar-refractivity contribution in [2.45, 2.75) is 31.8 Å². The van der Waals surface area contributed by atoms with Gasteiger partial charge in [0.15, 0.2) is 12.4 Å². The second-order valence-corrected chi connectivity index (χ2v) is 8.48. The molecule has 1 fully saturated rings. The molecule has 2 heterocycles. The van der Waals surface area contributed by atoms with Crippen molar-refractivity contribution in [2.24, 2.45) is 0 Å². The fourth-order valence-electron chi connectivity index (χ4n) is 3.90. The highest BCUT2D eigenvalue weighted by atomic mass is 35.5. The third kappa shape index (κ3) is 4.21. The highest BCUT2D eigenvalue weighted by Gasteiger charge is 2.44. The molecular weight excluding hydrogens is 413 g/mol. The molecule has 1 amide bonds. The molecule has 29 heavy (non-hydrogen) atoms. The number of aryl methyl sites for hydroxylation is 1. The number of carbonyl (C=O) groups excluding carboxylic acids is 2. The first-order chi connectivity index (χ1) is 13.8. The van der Waals surface area contributed by atoms with E-state index in [-0.39, 0.29) is 24.7 Å². The van der Waals surface area contributed by atoms with E-state index in [1.54, 1.807) is 17.0 Å². The molecule has 1 spiro atoms. The van der Waals surface area contributed by atoms with Gasteiger partial charge in [0.1, 0.15) is 17.1 Å². The minimum absolute atomic E-state index is 0.0105. The highest BCUT2D eigenvalue weighted by Crippen LogP contribution is 2.44. The molecule has 0 aromatic heterocycles. The highest BCUT2D eigenvalue weighted by molar-refractivity contribution is 6.36. The molecule has 0 bridgehead atoms. The third-order valence-corrected chi connectivity index (χ3v) is 5.99. The van der Waals surface area contributed by atoms with Crippen molar-refractivity contribution in [2.75, 3.05) is 19.7 Å². The number of carbonyl (C=O) groups is 2. The number of halogens is 2. The van der Waals surface area contributed by atoms with E-state index in [0.717, 1.165) is 5.56 Å². The van der Waals surface area contributed by atoms with Crippen molar-refractivity contribution in [1.29, 1.82) is 0 Å². The van der Waals surface area contributed by atoms with Crippen LogP contribution in [0.4, 0.5) is 0 Å². The summed E-state index contributed by atoms with van der Waals surface area (Å²) >= 11 is 12.3. The largest absolute Gasteiger partial charge is 0.484 e. The molecule has 5 nitrogen and oxygen atoms in total. The minimum atomic E-state index is -0.629. The normalized spacial score (nSPS) is 17.6. The van der Waals surface area contributed by atoms with Gasteiger partial charge in [0.25, 0.3) is 5.91 Å². The number of benzene rings is 2. The first-order valence-electron chi connectivity index (χ1n) is 9.54. The van der Waals surface area contributed by atoms with E-state index in [9.17, 15) is 9.59 Å². The summed E-state index contributed by atoms with van der Waals surface area (Å²) in [6.07, 6.45) is 1.39. The number of likely N-dealkylation sites (tertiary alicyclic amines) is 1. The van der Waals surface area contributed by atoms with Crippen molar-refractivity contribution in [1.82, 2.24) is 4.90 Å². The fourth-order valence-corrected chi connectivity index (χ4v) is 4.43.